The molecule has 26 heavy (non-hydrogen) atoms. The highest BCUT2D eigenvalue weighted by Crippen LogP contribution is 2.21. The minimum absolute atomic E-state index is 0.334. The fourth-order valence-electron chi connectivity index (χ4n) is 2.53. The second-order valence-electron chi connectivity index (χ2n) is 5.77. The predicted molar refractivity (Wildman–Crippen MR) is 102 cm³/mol. The van der Waals surface area contributed by atoms with Gasteiger partial charge in [0.1, 0.15) is 0 Å². The van der Waals surface area contributed by atoms with E-state index in [0.29, 0.717) is 33.2 Å². The zero-order valence-corrected chi connectivity index (χ0v) is 15.0. The Kier molecular flexibility index (Phi) is 5.04. The first-order valence-corrected chi connectivity index (χ1v) is 8.32. The summed E-state index contributed by atoms with van der Waals surface area (Å²) in [6.07, 6.45) is 0. The summed E-state index contributed by atoms with van der Waals surface area (Å²) in [5.41, 5.74) is 3.25. The maximum absolute atomic E-state index is 12.7. The molecule has 3 rings (SSSR count). The van der Waals surface area contributed by atoms with E-state index >= 15 is 0 Å². The smallest absolute Gasteiger partial charge is 0.257 e. The van der Waals surface area contributed by atoms with Crippen molar-refractivity contribution in [2.24, 2.45) is 0 Å². The number of amides is 2. The first kappa shape index (κ1) is 17.7. The lowest BCUT2D eigenvalue weighted by atomic mass is 10.1. The molecule has 0 aliphatic carbocycles. The predicted octanol–water partition coefficient (Wildman–Crippen LogP) is 4.18. The van der Waals surface area contributed by atoms with Crippen LogP contribution >= 0.6 is 11.6 Å². The normalized spacial score (nSPS) is 10.4. The Bertz CT molecular complexity index is 962. The number of rotatable bonds is 4. The van der Waals surface area contributed by atoms with Gasteiger partial charge in [-0.05, 0) is 44.2 Å². The third kappa shape index (κ3) is 3.75. The summed E-state index contributed by atoms with van der Waals surface area (Å²) < 4.78 is 0. The number of nitrogens with zero attached hydrogens (tertiary/aromatic N) is 1. The van der Waals surface area contributed by atoms with Crippen molar-refractivity contribution in [3.05, 3.63) is 76.1 Å². The average molecular weight is 369 g/mol. The van der Waals surface area contributed by atoms with Gasteiger partial charge in [-0.25, -0.2) is 0 Å². The summed E-state index contributed by atoms with van der Waals surface area (Å²) in [6.45, 7) is 3.62. The van der Waals surface area contributed by atoms with Crippen molar-refractivity contribution in [2.45, 2.75) is 13.8 Å². The molecule has 7 heteroatoms. The fraction of sp³-hybridized carbons (Fsp3) is 0.105. The molecule has 0 atom stereocenters. The number of anilines is 2. The number of nitrogens with one attached hydrogen (secondary N) is 3. The fourth-order valence-corrected chi connectivity index (χ4v) is 2.72. The van der Waals surface area contributed by atoms with Crippen LogP contribution in [0.3, 0.4) is 0 Å². The molecule has 132 valence electrons. The highest BCUT2D eigenvalue weighted by Gasteiger charge is 2.17. The third-order valence-corrected chi connectivity index (χ3v) is 4.11. The minimum Gasteiger partial charge on any atom is -0.321 e. The molecule has 0 spiro atoms. The zero-order valence-electron chi connectivity index (χ0n) is 14.3. The highest BCUT2D eigenvalue weighted by atomic mass is 35.5. The molecule has 2 amide bonds. The number of aryl methyl sites for hydroxylation is 2. The number of carbonyl (C=O) groups excluding carboxylic acids is 2. The van der Waals surface area contributed by atoms with Crippen LogP contribution in [0.4, 0.5) is 11.4 Å². The van der Waals surface area contributed by atoms with Crippen molar-refractivity contribution in [3.8, 4) is 0 Å². The zero-order chi connectivity index (χ0) is 18.7. The molecular weight excluding hydrogens is 352 g/mol. The Morgan fingerprint density at radius 3 is 2.46 bits per heavy atom. The van der Waals surface area contributed by atoms with Crippen LogP contribution < -0.4 is 10.6 Å². The Morgan fingerprint density at radius 1 is 1.00 bits per heavy atom. The van der Waals surface area contributed by atoms with E-state index in [1.165, 1.54) is 0 Å². The van der Waals surface area contributed by atoms with Crippen molar-refractivity contribution in [3.63, 3.8) is 0 Å². The lowest BCUT2D eigenvalue weighted by Gasteiger charge is -2.12. The molecular formula is C19H17ClN4O2. The van der Waals surface area contributed by atoms with Crippen LogP contribution in [0.5, 0.6) is 0 Å². The van der Waals surface area contributed by atoms with Gasteiger partial charge in [0.2, 0.25) is 0 Å². The Labute approximate surface area is 155 Å². The third-order valence-electron chi connectivity index (χ3n) is 3.87. The summed E-state index contributed by atoms with van der Waals surface area (Å²) in [5.74, 6) is -0.678. The number of halogens is 1. The lowest BCUT2D eigenvalue weighted by molar-refractivity contribution is 0.102. The molecule has 0 aliphatic heterocycles. The summed E-state index contributed by atoms with van der Waals surface area (Å²) in [5, 5.41) is 12.9. The molecule has 2 aromatic carbocycles. The standard InChI is InChI=1S/C19H17ClN4O2/c1-11-17(12(2)24-23-11)22-19(26)15-8-3-4-9-16(15)21-18(25)13-6-5-7-14(20)10-13/h3-10H,1-2H3,(H,21,25)(H,22,26)(H,23,24). The molecule has 1 aromatic heterocycles. The number of aromatic nitrogens is 2. The monoisotopic (exact) mass is 368 g/mol. The second-order valence-corrected chi connectivity index (χ2v) is 6.21. The van der Waals surface area contributed by atoms with Crippen molar-refractivity contribution in [2.75, 3.05) is 10.6 Å². The van der Waals surface area contributed by atoms with Crippen LogP contribution in [0.1, 0.15) is 32.1 Å². The molecule has 0 saturated heterocycles. The van der Waals surface area contributed by atoms with Crippen molar-refractivity contribution >= 4 is 34.8 Å². The summed E-state index contributed by atoms with van der Waals surface area (Å²) in [4.78, 5) is 25.1. The highest BCUT2D eigenvalue weighted by molar-refractivity contribution is 6.31. The quantitative estimate of drug-likeness (QED) is 0.645. The number of aromatic amines is 1. The molecule has 0 aliphatic rings. The maximum Gasteiger partial charge on any atom is 0.257 e. The minimum atomic E-state index is -0.344. The number of para-hydroxylation sites is 1. The summed E-state index contributed by atoms with van der Waals surface area (Å²) in [6, 6.07) is 13.4. The summed E-state index contributed by atoms with van der Waals surface area (Å²) >= 11 is 5.93. The largest absolute Gasteiger partial charge is 0.321 e. The molecule has 0 saturated carbocycles. The van der Waals surface area contributed by atoms with Gasteiger partial charge in [-0.2, -0.15) is 5.10 Å². The molecule has 0 bridgehead atoms. The molecule has 6 nitrogen and oxygen atoms in total. The molecule has 0 fully saturated rings. The first-order valence-electron chi connectivity index (χ1n) is 7.94. The Balaban J connectivity index is 1.84. The topological polar surface area (TPSA) is 86.9 Å². The van der Waals surface area contributed by atoms with Crippen LogP contribution in [-0.4, -0.2) is 22.0 Å². The van der Waals surface area contributed by atoms with E-state index < -0.39 is 0 Å². The Morgan fingerprint density at radius 2 is 1.77 bits per heavy atom. The van der Waals surface area contributed by atoms with E-state index in [9.17, 15) is 9.59 Å². The van der Waals surface area contributed by atoms with E-state index in [-0.39, 0.29) is 11.8 Å². The van der Waals surface area contributed by atoms with Gasteiger partial charge in [-0.1, -0.05) is 29.8 Å². The van der Waals surface area contributed by atoms with Gasteiger partial charge >= 0.3 is 0 Å². The van der Waals surface area contributed by atoms with Gasteiger partial charge in [0.15, 0.2) is 0 Å². The van der Waals surface area contributed by atoms with Gasteiger partial charge in [0, 0.05) is 10.6 Å². The molecule has 3 N–H and O–H groups in total. The van der Waals surface area contributed by atoms with Crippen molar-refractivity contribution in [1.29, 1.82) is 0 Å². The molecule has 3 aromatic rings. The SMILES string of the molecule is Cc1n[nH]c(C)c1NC(=O)c1ccccc1NC(=O)c1cccc(Cl)c1. The van der Waals surface area contributed by atoms with Gasteiger partial charge in [-0.3, -0.25) is 14.7 Å². The van der Waals surface area contributed by atoms with E-state index in [0.717, 1.165) is 5.69 Å². The van der Waals surface area contributed by atoms with Gasteiger partial charge < -0.3 is 10.6 Å². The van der Waals surface area contributed by atoms with E-state index in [2.05, 4.69) is 20.8 Å². The van der Waals surface area contributed by atoms with Crippen LogP contribution in [0.2, 0.25) is 5.02 Å². The van der Waals surface area contributed by atoms with Gasteiger partial charge in [0.05, 0.1) is 28.3 Å². The van der Waals surface area contributed by atoms with Crippen LogP contribution in [0.15, 0.2) is 48.5 Å². The first-order chi connectivity index (χ1) is 12.5. The van der Waals surface area contributed by atoms with Gasteiger partial charge in [0.25, 0.3) is 11.8 Å². The van der Waals surface area contributed by atoms with Crippen LogP contribution in [-0.2, 0) is 0 Å². The molecule has 0 radical (unpaired) electrons. The Hall–Kier alpha value is -3.12. The number of hydrogen-bond donors (Lipinski definition) is 3. The number of carbonyl (C=O) groups is 2. The van der Waals surface area contributed by atoms with Crippen molar-refractivity contribution < 1.29 is 9.59 Å². The van der Waals surface area contributed by atoms with Crippen LogP contribution in [0.25, 0.3) is 0 Å². The van der Waals surface area contributed by atoms with E-state index in [4.69, 9.17) is 11.6 Å². The van der Waals surface area contributed by atoms with E-state index in [1.54, 1.807) is 55.5 Å². The molecule has 1 heterocycles. The van der Waals surface area contributed by atoms with Gasteiger partial charge in [-0.15, -0.1) is 0 Å². The van der Waals surface area contributed by atoms with Crippen LogP contribution in [0, 0.1) is 13.8 Å². The maximum atomic E-state index is 12.7. The summed E-state index contributed by atoms with van der Waals surface area (Å²) in [7, 11) is 0. The average Bonchev–Trinajstić information content (AvgIpc) is 2.94. The second kappa shape index (κ2) is 7.41. The van der Waals surface area contributed by atoms with E-state index in [1.807, 2.05) is 6.92 Å². The lowest BCUT2D eigenvalue weighted by Crippen LogP contribution is -2.18. The number of hydrogen-bond acceptors (Lipinski definition) is 3. The number of benzene rings is 2. The number of H-pyrrole nitrogens is 1. The molecule has 0 unspecified atom stereocenters. The van der Waals surface area contributed by atoms with Crippen molar-refractivity contribution in [1.82, 2.24) is 10.2 Å².